The quantitative estimate of drug-likeness (QED) is 0.775. The average Bonchev–Trinajstić information content (AvgIpc) is 3.12. The van der Waals surface area contributed by atoms with Crippen molar-refractivity contribution in [1.29, 1.82) is 0 Å². The van der Waals surface area contributed by atoms with Gasteiger partial charge in [-0.1, -0.05) is 0 Å². The van der Waals surface area contributed by atoms with E-state index in [-0.39, 0.29) is 19.2 Å². The fraction of sp³-hybridized carbons (Fsp3) is 0.737. The maximum atomic E-state index is 12.8. The van der Waals surface area contributed by atoms with Crippen LogP contribution in [0.4, 0.5) is 10.5 Å². The molecule has 0 bridgehead atoms. The number of ether oxygens (including phenoxy) is 3. The molecule has 1 unspecified atom stereocenters. The fourth-order valence-electron chi connectivity index (χ4n) is 3.47. The molecule has 3 atom stereocenters. The van der Waals surface area contributed by atoms with E-state index >= 15 is 0 Å². The van der Waals surface area contributed by atoms with Crippen molar-refractivity contribution in [2.24, 2.45) is 0 Å². The second kappa shape index (κ2) is 7.58. The van der Waals surface area contributed by atoms with E-state index in [1.165, 1.54) is 0 Å². The molecular weight excluding hydrogens is 380 g/mol. The zero-order chi connectivity index (χ0) is 21.6. The summed E-state index contributed by atoms with van der Waals surface area (Å²) in [6.45, 7) is 11.1. The van der Waals surface area contributed by atoms with Gasteiger partial charge in [0.25, 0.3) is 5.91 Å². The van der Waals surface area contributed by atoms with E-state index in [1.807, 2.05) is 27.7 Å². The Bertz CT molecular complexity index is 784. The van der Waals surface area contributed by atoms with Gasteiger partial charge in [-0.25, -0.2) is 4.79 Å². The largest absolute Gasteiger partial charge is 0.444 e. The van der Waals surface area contributed by atoms with Crippen LogP contribution in [0.1, 0.15) is 47.2 Å². The van der Waals surface area contributed by atoms with E-state index in [0.717, 1.165) is 0 Å². The number of aliphatic hydroxyl groups is 1. The van der Waals surface area contributed by atoms with Crippen LogP contribution in [-0.4, -0.2) is 68.0 Å². The van der Waals surface area contributed by atoms with Gasteiger partial charge in [0.05, 0.1) is 43.3 Å². The Morgan fingerprint density at radius 2 is 2.07 bits per heavy atom. The summed E-state index contributed by atoms with van der Waals surface area (Å²) in [4.78, 5) is 26.9. The summed E-state index contributed by atoms with van der Waals surface area (Å²) >= 11 is 0. The molecule has 0 radical (unpaired) electrons. The van der Waals surface area contributed by atoms with Crippen LogP contribution in [0.3, 0.4) is 0 Å². The van der Waals surface area contributed by atoms with Gasteiger partial charge in [0.15, 0.2) is 11.9 Å². The summed E-state index contributed by atoms with van der Waals surface area (Å²) in [7, 11) is 0. The van der Waals surface area contributed by atoms with Gasteiger partial charge in [0, 0.05) is 0 Å². The van der Waals surface area contributed by atoms with Gasteiger partial charge in [0.1, 0.15) is 11.7 Å². The van der Waals surface area contributed by atoms with Crippen molar-refractivity contribution >= 4 is 17.7 Å². The number of carbonyl (C=O) groups is 2. The topological polar surface area (TPSA) is 115 Å². The summed E-state index contributed by atoms with van der Waals surface area (Å²) in [6, 6.07) is -0.105. The monoisotopic (exact) mass is 410 g/mol. The molecule has 1 aromatic heterocycles. The van der Waals surface area contributed by atoms with Crippen molar-refractivity contribution in [1.82, 2.24) is 14.7 Å². The van der Waals surface area contributed by atoms with Crippen LogP contribution in [0.2, 0.25) is 0 Å². The first-order valence-electron chi connectivity index (χ1n) is 9.72. The van der Waals surface area contributed by atoms with E-state index < -0.39 is 35.6 Å². The Morgan fingerprint density at radius 1 is 1.38 bits per heavy atom. The number of aromatic nitrogens is 2. The Morgan fingerprint density at radius 3 is 2.69 bits per heavy atom. The molecule has 0 aliphatic carbocycles. The van der Waals surface area contributed by atoms with Crippen LogP contribution < -0.4 is 5.32 Å². The number of fused-ring (bicyclic) bond motifs is 1. The molecule has 2 aliphatic heterocycles. The van der Waals surface area contributed by atoms with Crippen LogP contribution in [0.5, 0.6) is 0 Å². The van der Waals surface area contributed by atoms with Crippen LogP contribution in [-0.2, 0) is 32.1 Å². The van der Waals surface area contributed by atoms with Crippen molar-refractivity contribution in [2.45, 2.75) is 84.3 Å². The number of rotatable bonds is 3. The molecule has 0 aromatic carbocycles. The van der Waals surface area contributed by atoms with Gasteiger partial charge in [-0.2, -0.15) is 5.10 Å². The zero-order valence-electron chi connectivity index (χ0n) is 17.8. The minimum atomic E-state index is -0.962. The Labute approximate surface area is 170 Å². The van der Waals surface area contributed by atoms with Crippen molar-refractivity contribution in [3.8, 4) is 0 Å². The molecule has 10 nitrogen and oxygen atoms in total. The zero-order valence-corrected chi connectivity index (χ0v) is 17.8. The first-order valence-corrected chi connectivity index (χ1v) is 9.72. The van der Waals surface area contributed by atoms with Gasteiger partial charge < -0.3 is 24.6 Å². The highest BCUT2D eigenvalue weighted by Crippen LogP contribution is 2.30. The molecule has 0 spiro atoms. The maximum absolute atomic E-state index is 12.8. The van der Waals surface area contributed by atoms with Gasteiger partial charge in [-0.05, 0) is 41.5 Å². The highest BCUT2D eigenvalue weighted by atomic mass is 16.8. The predicted octanol–water partition coefficient (Wildman–Crippen LogP) is 1.47. The summed E-state index contributed by atoms with van der Waals surface area (Å²) in [5, 5.41) is 16.6. The van der Waals surface area contributed by atoms with Gasteiger partial charge in [-0.3, -0.25) is 14.4 Å². The maximum Gasteiger partial charge on any atom is 0.410 e. The van der Waals surface area contributed by atoms with Crippen LogP contribution in [0, 0.1) is 0 Å². The molecule has 3 rings (SSSR count). The molecule has 162 valence electrons. The van der Waals surface area contributed by atoms with Crippen LogP contribution in [0.25, 0.3) is 0 Å². The number of amides is 2. The Kier molecular flexibility index (Phi) is 5.63. The lowest BCUT2D eigenvalue weighted by molar-refractivity contribution is -0.155. The molecule has 0 saturated carbocycles. The van der Waals surface area contributed by atoms with Gasteiger partial charge in [-0.15, -0.1) is 0 Å². The predicted molar refractivity (Wildman–Crippen MR) is 103 cm³/mol. The van der Waals surface area contributed by atoms with Gasteiger partial charge >= 0.3 is 6.09 Å². The highest BCUT2D eigenvalue weighted by Gasteiger charge is 2.45. The smallest absolute Gasteiger partial charge is 0.410 e. The fourth-order valence-corrected chi connectivity index (χ4v) is 3.47. The van der Waals surface area contributed by atoms with E-state index in [4.69, 9.17) is 14.2 Å². The Balaban J connectivity index is 1.75. The minimum absolute atomic E-state index is 0.105. The summed E-state index contributed by atoms with van der Waals surface area (Å²) in [6.07, 6.45) is -0.568. The summed E-state index contributed by atoms with van der Waals surface area (Å²) < 4.78 is 18.4. The second-order valence-corrected chi connectivity index (χ2v) is 8.91. The summed E-state index contributed by atoms with van der Waals surface area (Å²) in [5.74, 6) is -1.40. The average molecular weight is 410 g/mol. The lowest BCUT2D eigenvalue weighted by atomic mass is 10.1. The number of hydrogen-bond acceptors (Lipinski definition) is 7. The third kappa shape index (κ3) is 4.71. The lowest BCUT2D eigenvalue weighted by Gasteiger charge is -2.35. The molecule has 2 N–H and O–H groups in total. The molecule has 2 aliphatic rings. The van der Waals surface area contributed by atoms with Crippen molar-refractivity contribution in [3.05, 3.63) is 11.9 Å². The standard InChI is InChI=1S/C19H30N4O6/c1-11-8-23-13(9-22(11)17(26)29-18(2,3)4)12(7-20-23)21-16(25)15-14(10-24)27-19(5,6)28-15/h7,11,14-15,24H,8-10H2,1-6H3,(H,21,25)/t11?,14-,15-/m1/s1. The third-order valence-electron chi connectivity index (χ3n) is 4.75. The van der Waals surface area contributed by atoms with Crippen molar-refractivity contribution in [2.75, 3.05) is 11.9 Å². The lowest BCUT2D eigenvalue weighted by Crippen LogP contribution is -2.47. The molecule has 1 fully saturated rings. The van der Waals surface area contributed by atoms with E-state index in [2.05, 4.69) is 10.4 Å². The van der Waals surface area contributed by atoms with Crippen LogP contribution in [0.15, 0.2) is 6.20 Å². The number of nitrogens with one attached hydrogen (secondary N) is 1. The minimum Gasteiger partial charge on any atom is -0.444 e. The van der Waals surface area contributed by atoms with E-state index in [9.17, 15) is 14.7 Å². The molecule has 3 heterocycles. The third-order valence-corrected chi connectivity index (χ3v) is 4.75. The highest BCUT2D eigenvalue weighted by molar-refractivity contribution is 5.95. The molecule has 10 heteroatoms. The first kappa shape index (κ1) is 21.5. The van der Waals surface area contributed by atoms with Crippen molar-refractivity contribution < 1.29 is 28.9 Å². The number of hydrogen-bond donors (Lipinski definition) is 2. The molecular formula is C19H30N4O6. The molecule has 29 heavy (non-hydrogen) atoms. The number of aliphatic hydroxyl groups excluding tert-OH is 1. The van der Waals surface area contributed by atoms with E-state index in [1.54, 1.807) is 29.6 Å². The SMILES string of the molecule is CC1Cn2ncc(NC(=O)[C@@H]3OC(C)(C)O[C@@H]3CO)c2CN1C(=O)OC(C)(C)C. The summed E-state index contributed by atoms with van der Waals surface area (Å²) in [5.41, 5.74) is 0.582. The van der Waals surface area contributed by atoms with E-state index in [0.29, 0.717) is 17.9 Å². The Hall–Kier alpha value is -2.17. The second-order valence-electron chi connectivity index (χ2n) is 8.91. The number of anilines is 1. The molecule has 1 saturated heterocycles. The molecule has 1 aromatic rings. The normalized spacial score (nSPS) is 26.2. The number of nitrogens with zero attached hydrogens (tertiary/aromatic N) is 3. The van der Waals surface area contributed by atoms with Gasteiger partial charge in [0.2, 0.25) is 0 Å². The van der Waals surface area contributed by atoms with Crippen molar-refractivity contribution in [3.63, 3.8) is 0 Å². The number of carbonyl (C=O) groups excluding carboxylic acids is 2. The van der Waals surface area contributed by atoms with Crippen LogP contribution >= 0.6 is 0 Å². The first-order chi connectivity index (χ1) is 13.4. The molecule has 2 amide bonds.